The number of H-pyrrole nitrogens is 1. The summed E-state index contributed by atoms with van der Waals surface area (Å²) in [5, 5.41) is 20.4. The summed E-state index contributed by atoms with van der Waals surface area (Å²) in [7, 11) is 0. The van der Waals surface area contributed by atoms with E-state index in [1.165, 1.54) is 19.1 Å². The van der Waals surface area contributed by atoms with Gasteiger partial charge in [0.2, 0.25) is 0 Å². The molecular formula is C17H13ClN4O5. The maximum atomic E-state index is 12.3. The van der Waals surface area contributed by atoms with Crippen molar-refractivity contribution in [1.82, 2.24) is 10.2 Å². The molecule has 0 aliphatic carbocycles. The van der Waals surface area contributed by atoms with Crippen LogP contribution in [0.1, 0.15) is 17.4 Å². The molecule has 1 aromatic heterocycles. The third-order valence-corrected chi connectivity index (χ3v) is 4.05. The molecule has 9 nitrogen and oxygen atoms in total. The molecule has 0 radical (unpaired) electrons. The lowest BCUT2D eigenvalue weighted by Gasteiger charge is -2.13. The van der Waals surface area contributed by atoms with Crippen molar-refractivity contribution in [2.75, 3.05) is 5.32 Å². The van der Waals surface area contributed by atoms with Gasteiger partial charge in [0.1, 0.15) is 0 Å². The van der Waals surface area contributed by atoms with Crippen molar-refractivity contribution in [3.05, 3.63) is 63.3 Å². The largest absolute Gasteiger partial charge is 0.448 e. The second-order valence-electron chi connectivity index (χ2n) is 5.58. The number of esters is 1. The van der Waals surface area contributed by atoms with Crippen LogP contribution in [0.2, 0.25) is 5.02 Å². The van der Waals surface area contributed by atoms with Crippen LogP contribution in [0.25, 0.3) is 10.9 Å². The predicted octanol–water partition coefficient (Wildman–Crippen LogP) is 3.31. The minimum atomic E-state index is -1.14. The minimum Gasteiger partial charge on any atom is -0.448 e. The van der Waals surface area contributed by atoms with Gasteiger partial charge in [0.25, 0.3) is 11.6 Å². The summed E-state index contributed by atoms with van der Waals surface area (Å²) in [4.78, 5) is 34.6. The lowest BCUT2D eigenvalue weighted by Crippen LogP contribution is -2.30. The standard InChI is InChI=1S/C17H13ClN4O5/c1-9(16(23)19-14-7-6-10(22(25)26)8-12(14)18)27-17(24)15-11-4-2-3-5-13(11)20-21-15/h2-9H,1H3,(H,19,23)(H,20,21)/t9-/m0/s1. The van der Waals surface area contributed by atoms with Crippen molar-refractivity contribution in [3.8, 4) is 0 Å². The van der Waals surface area contributed by atoms with Crippen LogP contribution in [0.5, 0.6) is 0 Å². The van der Waals surface area contributed by atoms with Crippen molar-refractivity contribution in [2.45, 2.75) is 13.0 Å². The molecule has 2 N–H and O–H groups in total. The SMILES string of the molecule is C[C@H](OC(=O)c1n[nH]c2ccccc12)C(=O)Nc1ccc([N+](=O)[O-])cc1Cl. The van der Waals surface area contributed by atoms with E-state index in [9.17, 15) is 19.7 Å². The van der Waals surface area contributed by atoms with Crippen LogP contribution in [-0.2, 0) is 9.53 Å². The molecular weight excluding hydrogens is 376 g/mol. The molecule has 0 saturated carbocycles. The van der Waals surface area contributed by atoms with E-state index in [0.29, 0.717) is 10.9 Å². The highest BCUT2D eigenvalue weighted by Crippen LogP contribution is 2.27. The fourth-order valence-electron chi connectivity index (χ4n) is 2.34. The van der Waals surface area contributed by atoms with Crippen LogP contribution in [0.15, 0.2) is 42.5 Å². The van der Waals surface area contributed by atoms with Crippen molar-refractivity contribution in [1.29, 1.82) is 0 Å². The number of nitrogens with one attached hydrogen (secondary N) is 2. The van der Waals surface area contributed by atoms with Gasteiger partial charge in [-0.2, -0.15) is 5.10 Å². The number of ether oxygens (including phenoxy) is 1. The molecule has 0 spiro atoms. The van der Waals surface area contributed by atoms with Gasteiger partial charge in [-0.15, -0.1) is 0 Å². The first kappa shape index (κ1) is 18.3. The molecule has 1 heterocycles. The van der Waals surface area contributed by atoms with Crippen molar-refractivity contribution in [3.63, 3.8) is 0 Å². The Morgan fingerprint density at radius 2 is 2.04 bits per heavy atom. The smallest absolute Gasteiger partial charge is 0.360 e. The van der Waals surface area contributed by atoms with E-state index in [2.05, 4.69) is 15.5 Å². The molecule has 0 aliphatic rings. The van der Waals surface area contributed by atoms with E-state index < -0.39 is 22.9 Å². The molecule has 3 aromatic rings. The maximum Gasteiger partial charge on any atom is 0.360 e. The maximum absolute atomic E-state index is 12.3. The van der Waals surface area contributed by atoms with Gasteiger partial charge in [-0.05, 0) is 19.1 Å². The molecule has 0 fully saturated rings. The number of carbonyl (C=O) groups excluding carboxylic acids is 2. The van der Waals surface area contributed by atoms with Crippen LogP contribution in [0.3, 0.4) is 0 Å². The number of aromatic amines is 1. The van der Waals surface area contributed by atoms with Gasteiger partial charge in [0.05, 0.1) is 21.2 Å². The molecule has 0 saturated heterocycles. The summed E-state index contributed by atoms with van der Waals surface area (Å²) >= 11 is 5.93. The summed E-state index contributed by atoms with van der Waals surface area (Å²) in [6.07, 6.45) is -1.14. The molecule has 2 aromatic carbocycles. The van der Waals surface area contributed by atoms with E-state index in [1.807, 2.05) is 0 Å². The van der Waals surface area contributed by atoms with Gasteiger partial charge < -0.3 is 10.1 Å². The molecule has 0 bridgehead atoms. The highest BCUT2D eigenvalue weighted by atomic mass is 35.5. The first-order valence-corrected chi connectivity index (χ1v) is 8.13. The van der Waals surface area contributed by atoms with Gasteiger partial charge in [-0.25, -0.2) is 4.79 Å². The monoisotopic (exact) mass is 388 g/mol. The lowest BCUT2D eigenvalue weighted by atomic mass is 10.2. The number of nitro benzene ring substituents is 1. The number of hydrogen-bond acceptors (Lipinski definition) is 6. The number of para-hydroxylation sites is 1. The highest BCUT2D eigenvalue weighted by molar-refractivity contribution is 6.34. The molecule has 1 atom stereocenters. The third-order valence-electron chi connectivity index (χ3n) is 3.74. The normalized spacial score (nSPS) is 11.8. The summed E-state index contributed by atoms with van der Waals surface area (Å²) in [5.41, 5.74) is 0.695. The summed E-state index contributed by atoms with van der Waals surface area (Å²) in [6.45, 7) is 1.39. The number of hydrogen-bond donors (Lipinski definition) is 2. The Hall–Kier alpha value is -3.46. The average molecular weight is 389 g/mol. The van der Waals surface area contributed by atoms with Gasteiger partial charge in [-0.3, -0.25) is 20.0 Å². The number of nitrogens with zero attached hydrogens (tertiary/aromatic N) is 2. The highest BCUT2D eigenvalue weighted by Gasteiger charge is 2.23. The number of nitro groups is 1. The average Bonchev–Trinajstić information content (AvgIpc) is 3.07. The third kappa shape index (κ3) is 3.87. The van der Waals surface area contributed by atoms with Crippen molar-refractivity contribution >= 4 is 45.8 Å². The number of halogens is 1. The number of aromatic nitrogens is 2. The Balaban J connectivity index is 1.69. The number of fused-ring (bicyclic) bond motifs is 1. The van der Waals surface area contributed by atoms with Crippen LogP contribution >= 0.6 is 11.6 Å². The minimum absolute atomic E-state index is 0.00521. The van der Waals surface area contributed by atoms with Crippen LogP contribution in [0, 0.1) is 10.1 Å². The van der Waals surface area contributed by atoms with Crippen LogP contribution in [-0.4, -0.2) is 33.1 Å². The summed E-state index contributed by atoms with van der Waals surface area (Å²) < 4.78 is 5.15. The molecule has 10 heteroatoms. The molecule has 0 unspecified atom stereocenters. The first-order valence-electron chi connectivity index (χ1n) is 7.75. The van der Waals surface area contributed by atoms with E-state index >= 15 is 0 Å². The zero-order valence-electron chi connectivity index (χ0n) is 13.9. The zero-order valence-corrected chi connectivity index (χ0v) is 14.7. The van der Waals surface area contributed by atoms with E-state index in [4.69, 9.17) is 16.3 Å². The van der Waals surface area contributed by atoms with Gasteiger partial charge in [0.15, 0.2) is 11.8 Å². The van der Waals surface area contributed by atoms with E-state index in [-0.39, 0.29) is 22.1 Å². The molecule has 138 valence electrons. The molecule has 1 amide bonds. The molecule has 0 aliphatic heterocycles. The van der Waals surface area contributed by atoms with Crippen molar-refractivity contribution < 1.29 is 19.2 Å². The fraction of sp³-hybridized carbons (Fsp3) is 0.118. The molecule has 3 rings (SSSR count). The number of carbonyl (C=O) groups is 2. The Bertz CT molecular complexity index is 1050. The summed E-state index contributed by atoms with van der Waals surface area (Å²) in [6, 6.07) is 10.6. The lowest BCUT2D eigenvalue weighted by molar-refractivity contribution is -0.384. The second kappa shape index (κ2) is 7.42. The number of rotatable bonds is 5. The second-order valence-corrected chi connectivity index (χ2v) is 5.98. The number of benzene rings is 2. The van der Waals surface area contributed by atoms with Gasteiger partial charge in [-0.1, -0.05) is 29.8 Å². The fourth-order valence-corrected chi connectivity index (χ4v) is 2.56. The Labute approximate surface area is 157 Å². The van der Waals surface area contributed by atoms with Crippen LogP contribution < -0.4 is 5.32 Å². The van der Waals surface area contributed by atoms with Gasteiger partial charge >= 0.3 is 5.97 Å². The Kier molecular flexibility index (Phi) is 5.04. The van der Waals surface area contributed by atoms with E-state index in [0.717, 1.165) is 6.07 Å². The quantitative estimate of drug-likeness (QED) is 0.392. The Morgan fingerprint density at radius 1 is 1.30 bits per heavy atom. The number of non-ortho nitro benzene ring substituents is 1. The number of amides is 1. The van der Waals surface area contributed by atoms with E-state index in [1.54, 1.807) is 24.3 Å². The number of anilines is 1. The van der Waals surface area contributed by atoms with Crippen molar-refractivity contribution in [2.24, 2.45) is 0 Å². The summed E-state index contributed by atoms with van der Waals surface area (Å²) in [5.74, 6) is -1.40. The first-order chi connectivity index (χ1) is 12.9. The van der Waals surface area contributed by atoms with Gasteiger partial charge in [0, 0.05) is 17.5 Å². The zero-order chi connectivity index (χ0) is 19.6. The predicted molar refractivity (Wildman–Crippen MR) is 97.7 cm³/mol. The topological polar surface area (TPSA) is 127 Å². The molecule has 27 heavy (non-hydrogen) atoms. The Morgan fingerprint density at radius 3 is 2.74 bits per heavy atom. The van der Waals surface area contributed by atoms with Crippen LogP contribution in [0.4, 0.5) is 11.4 Å².